The lowest BCUT2D eigenvalue weighted by molar-refractivity contribution is 1.69. The molecular weight excluding hydrogens is 432 g/mol. The topological polar surface area (TPSA) is 0 Å². The van der Waals surface area contributed by atoms with Crippen LogP contribution in [-0.4, -0.2) is 0 Å². The summed E-state index contributed by atoms with van der Waals surface area (Å²) in [5.74, 6) is 0. The summed E-state index contributed by atoms with van der Waals surface area (Å²) < 4.78 is 0. The average molecular weight is 455 g/mol. The van der Waals surface area contributed by atoms with Gasteiger partial charge in [-0.1, -0.05) is 121 Å². The molecule has 8 rings (SSSR count). The van der Waals surface area contributed by atoms with Gasteiger partial charge in [-0.3, -0.25) is 0 Å². The van der Waals surface area contributed by atoms with Crippen LogP contribution < -0.4 is 0 Å². The molecular formula is C36H22. The Hall–Kier alpha value is -4.68. The van der Waals surface area contributed by atoms with E-state index in [1.807, 2.05) is 0 Å². The van der Waals surface area contributed by atoms with Gasteiger partial charge < -0.3 is 0 Å². The number of hydrogen-bond acceptors (Lipinski definition) is 0. The van der Waals surface area contributed by atoms with Crippen LogP contribution in [0.15, 0.2) is 133 Å². The number of fused-ring (bicyclic) bond motifs is 10. The molecule has 36 heavy (non-hydrogen) atoms. The van der Waals surface area contributed by atoms with Crippen molar-refractivity contribution in [3.63, 3.8) is 0 Å². The van der Waals surface area contributed by atoms with Crippen molar-refractivity contribution in [1.29, 1.82) is 0 Å². The Morgan fingerprint density at radius 3 is 1.08 bits per heavy atom. The Balaban J connectivity index is 1.34. The largest absolute Gasteiger partial charge is 0.0616 e. The molecule has 0 aliphatic carbocycles. The van der Waals surface area contributed by atoms with E-state index < -0.39 is 0 Å². The summed E-state index contributed by atoms with van der Waals surface area (Å²) in [7, 11) is 0. The van der Waals surface area contributed by atoms with Gasteiger partial charge in [0.1, 0.15) is 0 Å². The lowest BCUT2D eigenvalue weighted by Gasteiger charge is -2.12. The van der Waals surface area contributed by atoms with E-state index in [0.717, 1.165) is 0 Å². The van der Waals surface area contributed by atoms with Crippen molar-refractivity contribution in [2.75, 3.05) is 0 Å². The van der Waals surface area contributed by atoms with Crippen molar-refractivity contribution in [3.8, 4) is 11.1 Å². The van der Waals surface area contributed by atoms with Gasteiger partial charge in [-0.25, -0.2) is 0 Å². The summed E-state index contributed by atoms with van der Waals surface area (Å²) >= 11 is 0. The molecule has 0 spiro atoms. The fraction of sp³-hybridized carbons (Fsp3) is 0. The predicted molar refractivity (Wildman–Crippen MR) is 157 cm³/mol. The van der Waals surface area contributed by atoms with Crippen LogP contribution >= 0.6 is 0 Å². The first kappa shape index (κ1) is 19.6. The van der Waals surface area contributed by atoms with Gasteiger partial charge in [-0.05, 0) is 87.9 Å². The summed E-state index contributed by atoms with van der Waals surface area (Å²) in [6.07, 6.45) is 0. The number of hydrogen-bond donors (Lipinski definition) is 0. The molecule has 0 fully saturated rings. The lowest BCUT2D eigenvalue weighted by Crippen LogP contribution is -1.85. The SMILES string of the molecule is c1ccc2c(c1)ccc1ccc3cc(-c4ccc5c(ccc6ccc7ccccc7c65)c4)ccc3c12. The Morgan fingerprint density at radius 1 is 0.250 bits per heavy atom. The third kappa shape index (κ3) is 2.82. The van der Waals surface area contributed by atoms with E-state index in [1.54, 1.807) is 0 Å². The maximum atomic E-state index is 2.34. The van der Waals surface area contributed by atoms with E-state index in [9.17, 15) is 0 Å². The first-order chi connectivity index (χ1) is 17.8. The van der Waals surface area contributed by atoms with Gasteiger partial charge in [-0.15, -0.1) is 0 Å². The van der Waals surface area contributed by atoms with Gasteiger partial charge >= 0.3 is 0 Å². The fourth-order valence-corrected chi connectivity index (χ4v) is 6.03. The number of rotatable bonds is 1. The van der Waals surface area contributed by atoms with Crippen molar-refractivity contribution in [3.05, 3.63) is 133 Å². The molecule has 0 aromatic heterocycles. The van der Waals surface area contributed by atoms with Crippen LogP contribution in [0.3, 0.4) is 0 Å². The molecule has 8 aromatic rings. The van der Waals surface area contributed by atoms with Gasteiger partial charge in [0.05, 0.1) is 0 Å². The van der Waals surface area contributed by atoms with Crippen molar-refractivity contribution < 1.29 is 0 Å². The molecule has 0 heteroatoms. The zero-order chi connectivity index (χ0) is 23.6. The van der Waals surface area contributed by atoms with Crippen molar-refractivity contribution in [2.24, 2.45) is 0 Å². The second kappa shape index (κ2) is 7.41. The van der Waals surface area contributed by atoms with Gasteiger partial charge in [0.15, 0.2) is 0 Å². The van der Waals surface area contributed by atoms with Crippen LogP contribution in [0.25, 0.3) is 75.8 Å². The van der Waals surface area contributed by atoms with Gasteiger partial charge in [0, 0.05) is 0 Å². The van der Waals surface area contributed by atoms with Crippen molar-refractivity contribution >= 4 is 64.6 Å². The van der Waals surface area contributed by atoms with E-state index in [2.05, 4.69) is 133 Å². The maximum absolute atomic E-state index is 2.34. The molecule has 0 atom stereocenters. The van der Waals surface area contributed by atoms with Gasteiger partial charge in [0.25, 0.3) is 0 Å². The highest BCUT2D eigenvalue weighted by Crippen LogP contribution is 2.37. The van der Waals surface area contributed by atoms with Crippen LogP contribution in [0.5, 0.6) is 0 Å². The molecule has 0 N–H and O–H groups in total. The summed E-state index contributed by atoms with van der Waals surface area (Å²) in [4.78, 5) is 0. The Morgan fingerprint density at radius 2 is 0.611 bits per heavy atom. The monoisotopic (exact) mass is 454 g/mol. The minimum Gasteiger partial charge on any atom is -0.0616 e. The van der Waals surface area contributed by atoms with Crippen LogP contribution in [0.4, 0.5) is 0 Å². The van der Waals surface area contributed by atoms with Gasteiger partial charge in [-0.2, -0.15) is 0 Å². The molecule has 0 aliphatic heterocycles. The van der Waals surface area contributed by atoms with Crippen molar-refractivity contribution in [1.82, 2.24) is 0 Å². The zero-order valence-corrected chi connectivity index (χ0v) is 19.7. The van der Waals surface area contributed by atoms with E-state index in [1.165, 1.54) is 75.8 Å². The zero-order valence-electron chi connectivity index (χ0n) is 19.7. The van der Waals surface area contributed by atoms with E-state index in [4.69, 9.17) is 0 Å². The molecule has 0 unspecified atom stereocenters. The van der Waals surface area contributed by atoms with Gasteiger partial charge in [0.2, 0.25) is 0 Å². The smallest absolute Gasteiger partial charge is 0.00268 e. The molecule has 0 bridgehead atoms. The summed E-state index contributed by atoms with van der Waals surface area (Å²) in [5.41, 5.74) is 2.50. The third-order valence-corrected chi connectivity index (χ3v) is 7.78. The molecule has 0 heterocycles. The third-order valence-electron chi connectivity index (χ3n) is 7.78. The normalized spacial score (nSPS) is 11.9. The highest BCUT2D eigenvalue weighted by atomic mass is 14.1. The standard InChI is InChI=1S/C36H22/c1-3-7-31-23(5-1)9-11-25-13-15-29-21-27(17-19-33(29)35(25)31)28-18-20-34-30(22-28)16-14-26-12-10-24-6-2-4-8-32(24)36(26)34/h1-22H. The van der Waals surface area contributed by atoms with Crippen LogP contribution in [0, 0.1) is 0 Å². The van der Waals surface area contributed by atoms with Crippen LogP contribution in [0.2, 0.25) is 0 Å². The predicted octanol–water partition coefficient (Wildman–Crippen LogP) is 10.3. The molecule has 0 nitrogen and oxygen atoms in total. The molecule has 8 aromatic carbocycles. The second-order valence-corrected chi connectivity index (χ2v) is 9.77. The first-order valence-corrected chi connectivity index (χ1v) is 12.5. The summed E-state index contributed by atoms with van der Waals surface area (Å²) in [5, 5.41) is 15.7. The van der Waals surface area contributed by atoms with Crippen LogP contribution in [0.1, 0.15) is 0 Å². The Kier molecular flexibility index (Phi) is 4.03. The summed E-state index contributed by atoms with van der Waals surface area (Å²) in [6, 6.07) is 49.2. The van der Waals surface area contributed by atoms with Crippen molar-refractivity contribution in [2.45, 2.75) is 0 Å². The van der Waals surface area contributed by atoms with E-state index in [0.29, 0.717) is 0 Å². The highest BCUT2D eigenvalue weighted by Gasteiger charge is 2.09. The second-order valence-electron chi connectivity index (χ2n) is 9.77. The lowest BCUT2D eigenvalue weighted by atomic mass is 9.92. The Bertz CT molecular complexity index is 1990. The number of benzene rings is 8. The van der Waals surface area contributed by atoms with E-state index >= 15 is 0 Å². The molecule has 0 radical (unpaired) electrons. The maximum Gasteiger partial charge on any atom is -0.00268 e. The fourth-order valence-electron chi connectivity index (χ4n) is 6.03. The minimum atomic E-state index is 1.25. The molecule has 0 saturated carbocycles. The molecule has 166 valence electrons. The first-order valence-electron chi connectivity index (χ1n) is 12.5. The average Bonchev–Trinajstić information content (AvgIpc) is 2.95. The highest BCUT2D eigenvalue weighted by molar-refractivity contribution is 6.22. The molecule has 0 amide bonds. The quantitative estimate of drug-likeness (QED) is 0.216. The molecule has 0 aliphatic rings. The van der Waals surface area contributed by atoms with Crippen LogP contribution in [-0.2, 0) is 0 Å². The Labute approximate surface area is 209 Å². The minimum absolute atomic E-state index is 1.25. The molecule has 0 saturated heterocycles. The van der Waals surface area contributed by atoms with E-state index in [-0.39, 0.29) is 0 Å². The summed E-state index contributed by atoms with van der Waals surface area (Å²) in [6.45, 7) is 0.